The Morgan fingerprint density at radius 3 is 1.98 bits per heavy atom. The fourth-order valence-electron chi connectivity index (χ4n) is 8.18. The molecule has 0 aliphatic rings. The third-order valence-corrected chi connectivity index (χ3v) is 10.8. The topological polar surface area (TPSA) is 30.1 Å². The van der Waals surface area contributed by atoms with E-state index < -0.39 is 0 Å². The molecule has 1 N–H and O–H groups in total. The van der Waals surface area contributed by atoms with Crippen molar-refractivity contribution in [1.29, 1.82) is 0 Å². The van der Waals surface area contributed by atoms with Gasteiger partial charge in [0.05, 0.1) is 11.0 Å². The van der Waals surface area contributed by atoms with Gasteiger partial charge in [0, 0.05) is 49.6 Å². The van der Waals surface area contributed by atoms with Gasteiger partial charge < -0.3 is 14.3 Å². The zero-order chi connectivity index (χ0) is 34.9. The average Bonchev–Trinajstić information content (AvgIpc) is 3.74. The van der Waals surface area contributed by atoms with E-state index in [0.717, 1.165) is 66.7 Å². The second kappa shape index (κ2) is 11.7. The summed E-state index contributed by atoms with van der Waals surface area (Å²) in [5.74, 6) is 0. The third-order valence-electron chi connectivity index (χ3n) is 10.8. The molecule has 11 rings (SSSR count). The number of furan rings is 1. The van der Waals surface area contributed by atoms with E-state index in [0.29, 0.717) is 0 Å². The minimum Gasteiger partial charge on any atom is -0.456 e. The van der Waals surface area contributed by atoms with Crippen LogP contribution in [-0.2, 0) is 0 Å². The van der Waals surface area contributed by atoms with Crippen LogP contribution < -0.4 is 5.32 Å². The molecule has 0 radical (unpaired) electrons. The lowest BCUT2D eigenvalue weighted by Crippen LogP contribution is -1.95. The summed E-state index contributed by atoms with van der Waals surface area (Å²) in [5, 5.41) is 13.3. The van der Waals surface area contributed by atoms with Crippen LogP contribution in [0.2, 0.25) is 0 Å². The van der Waals surface area contributed by atoms with Gasteiger partial charge in [0.25, 0.3) is 0 Å². The molecule has 0 saturated heterocycles. The normalized spacial score (nSPS) is 11.8. The maximum Gasteiger partial charge on any atom is 0.136 e. The van der Waals surface area contributed by atoms with Crippen LogP contribution >= 0.6 is 0 Å². The fraction of sp³-hybridized carbons (Fsp3) is 0. The molecule has 0 unspecified atom stereocenters. The lowest BCUT2D eigenvalue weighted by Gasteiger charge is -2.16. The van der Waals surface area contributed by atoms with E-state index in [-0.39, 0.29) is 0 Å². The first-order valence-corrected chi connectivity index (χ1v) is 18.1. The minimum atomic E-state index is 0.900. The van der Waals surface area contributed by atoms with Crippen LogP contribution in [0.4, 0.5) is 11.4 Å². The molecule has 0 aliphatic carbocycles. The SMILES string of the molecule is c1ccc(-c2cc(-c3ccc4c(c3)c3cc5oc6ccccc6c5cc3n4-c3ccc4ccccc4c3)ccc2Nc2cccc3ccccc23)cc1. The maximum atomic E-state index is 6.43. The van der Waals surface area contributed by atoms with E-state index in [1.807, 2.05) is 6.07 Å². The smallest absolute Gasteiger partial charge is 0.136 e. The van der Waals surface area contributed by atoms with E-state index in [1.54, 1.807) is 0 Å². The van der Waals surface area contributed by atoms with Crippen molar-refractivity contribution in [3.05, 3.63) is 188 Å². The highest BCUT2D eigenvalue weighted by Gasteiger charge is 2.18. The summed E-state index contributed by atoms with van der Waals surface area (Å²) in [6.07, 6.45) is 0. The molecule has 11 aromatic rings. The van der Waals surface area contributed by atoms with Gasteiger partial charge in [0.15, 0.2) is 0 Å². The molecule has 0 fully saturated rings. The summed E-state index contributed by atoms with van der Waals surface area (Å²) in [5.41, 5.74) is 12.1. The Morgan fingerprint density at radius 2 is 1.08 bits per heavy atom. The summed E-state index contributed by atoms with van der Waals surface area (Å²) < 4.78 is 8.85. The monoisotopic (exact) mass is 676 g/mol. The predicted molar refractivity (Wildman–Crippen MR) is 224 cm³/mol. The first-order valence-electron chi connectivity index (χ1n) is 18.1. The summed E-state index contributed by atoms with van der Waals surface area (Å²) in [6, 6.07) is 67.5. The van der Waals surface area contributed by atoms with E-state index in [1.165, 1.54) is 37.9 Å². The number of anilines is 2. The second-order valence-electron chi connectivity index (χ2n) is 13.8. The van der Waals surface area contributed by atoms with Crippen molar-refractivity contribution in [2.24, 2.45) is 0 Å². The Balaban J connectivity index is 1.12. The van der Waals surface area contributed by atoms with Crippen molar-refractivity contribution in [3.63, 3.8) is 0 Å². The summed E-state index contributed by atoms with van der Waals surface area (Å²) in [7, 11) is 0. The summed E-state index contributed by atoms with van der Waals surface area (Å²) in [4.78, 5) is 0. The highest BCUT2D eigenvalue weighted by atomic mass is 16.3. The molecule has 248 valence electrons. The van der Waals surface area contributed by atoms with Crippen LogP contribution in [0, 0.1) is 0 Å². The quantitative estimate of drug-likeness (QED) is 0.197. The van der Waals surface area contributed by atoms with Crippen molar-refractivity contribution in [3.8, 4) is 27.9 Å². The molecule has 0 bridgehead atoms. The Labute approximate surface area is 306 Å². The Hall–Kier alpha value is -7.10. The Morgan fingerprint density at radius 1 is 0.358 bits per heavy atom. The number of rotatable bonds is 5. The molecule has 2 heterocycles. The van der Waals surface area contributed by atoms with E-state index >= 15 is 0 Å². The van der Waals surface area contributed by atoms with Gasteiger partial charge in [-0.1, -0.05) is 127 Å². The van der Waals surface area contributed by atoms with Crippen LogP contribution in [0.3, 0.4) is 0 Å². The van der Waals surface area contributed by atoms with Gasteiger partial charge in [-0.05, 0) is 93.5 Å². The largest absolute Gasteiger partial charge is 0.456 e. The zero-order valence-electron chi connectivity index (χ0n) is 28.8. The van der Waals surface area contributed by atoms with Crippen LogP contribution in [0.25, 0.3) is 93.2 Å². The molecule has 0 saturated carbocycles. The minimum absolute atomic E-state index is 0.900. The van der Waals surface area contributed by atoms with Gasteiger partial charge in [-0.2, -0.15) is 0 Å². The van der Waals surface area contributed by atoms with Crippen LogP contribution in [0.5, 0.6) is 0 Å². The highest BCUT2D eigenvalue weighted by molar-refractivity contribution is 6.18. The molecule has 53 heavy (non-hydrogen) atoms. The number of hydrogen-bond acceptors (Lipinski definition) is 2. The molecule has 9 aromatic carbocycles. The van der Waals surface area contributed by atoms with E-state index in [2.05, 4.69) is 192 Å². The van der Waals surface area contributed by atoms with E-state index in [9.17, 15) is 0 Å². The van der Waals surface area contributed by atoms with Crippen molar-refractivity contribution < 1.29 is 4.42 Å². The van der Waals surface area contributed by atoms with Crippen molar-refractivity contribution in [1.82, 2.24) is 4.57 Å². The molecule has 0 spiro atoms. The average molecular weight is 677 g/mol. The molecule has 0 aliphatic heterocycles. The Bertz CT molecular complexity index is 3200. The van der Waals surface area contributed by atoms with Crippen LogP contribution in [0.1, 0.15) is 0 Å². The number of benzene rings is 9. The number of fused-ring (bicyclic) bond motifs is 8. The van der Waals surface area contributed by atoms with Gasteiger partial charge in [0.1, 0.15) is 11.2 Å². The molecule has 3 heteroatoms. The maximum absolute atomic E-state index is 6.43. The van der Waals surface area contributed by atoms with Crippen LogP contribution in [0.15, 0.2) is 192 Å². The van der Waals surface area contributed by atoms with Gasteiger partial charge in [0.2, 0.25) is 0 Å². The zero-order valence-corrected chi connectivity index (χ0v) is 28.8. The second-order valence-corrected chi connectivity index (χ2v) is 13.8. The summed E-state index contributed by atoms with van der Waals surface area (Å²) >= 11 is 0. The van der Waals surface area contributed by atoms with E-state index in [4.69, 9.17) is 4.42 Å². The Kier molecular flexibility index (Phi) is 6.55. The number of para-hydroxylation sites is 1. The fourth-order valence-corrected chi connectivity index (χ4v) is 8.18. The first-order chi connectivity index (χ1) is 26.2. The van der Waals surface area contributed by atoms with Crippen molar-refractivity contribution >= 4 is 76.7 Å². The van der Waals surface area contributed by atoms with Gasteiger partial charge in [-0.25, -0.2) is 0 Å². The number of aromatic nitrogens is 1. The van der Waals surface area contributed by atoms with Gasteiger partial charge in [-0.15, -0.1) is 0 Å². The standard InChI is InChI=1S/C50H32N2O/c1-2-12-34(13-3-1)41-28-36(22-25-46(41)51-45-19-10-16-33-14-6-7-17-39(33)45)37-23-26-47-42(29-37)43-31-50-44(40-18-8-9-20-49(40)53-50)30-48(43)52(47)38-24-21-32-11-4-5-15-35(32)27-38/h1-31,51H. The predicted octanol–water partition coefficient (Wildman–Crippen LogP) is 14.1. The third kappa shape index (κ3) is 4.82. The lowest BCUT2D eigenvalue weighted by atomic mass is 9.96. The molecular formula is C50H32N2O. The molecule has 3 nitrogen and oxygen atoms in total. The molecule has 0 atom stereocenters. The number of nitrogens with one attached hydrogen (secondary N) is 1. The number of hydrogen-bond donors (Lipinski definition) is 1. The molecule has 0 amide bonds. The molecule has 2 aromatic heterocycles. The number of nitrogens with zero attached hydrogens (tertiary/aromatic N) is 1. The first kappa shape index (κ1) is 29.6. The van der Waals surface area contributed by atoms with Crippen molar-refractivity contribution in [2.45, 2.75) is 0 Å². The van der Waals surface area contributed by atoms with Gasteiger partial charge >= 0.3 is 0 Å². The molecular weight excluding hydrogens is 645 g/mol. The van der Waals surface area contributed by atoms with Crippen molar-refractivity contribution in [2.75, 3.05) is 5.32 Å². The van der Waals surface area contributed by atoms with Gasteiger partial charge in [-0.3, -0.25) is 0 Å². The summed E-state index contributed by atoms with van der Waals surface area (Å²) in [6.45, 7) is 0. The van der Waals surface area contributed by atoms with Crippen LogP contribution in [-0.4, -0.2) is 4.57 Å². The lowest BCUT2D eigenvalue weighted by molar-refractivity contribution is 0.669. The highest BCUT2D eigenvalue weighted by Crippen LogP contribution is 2.41.